The predicted octanol–water partition coefficient (Wildman–Crippen LogP) is 1.02. The van der Waals surface area contributed by atoms with Crippen LogP contribution in [0.25, 0.3) is 0 Å². The molecule has 0 bridgehead atoms. The van der Waals surface area contributed by atoms with Gasteiger partial charge in [-0.2, -0.15) is 0 Å². The molecule has 0 saturated carbocycles. The zero-order valence-electron chi connectivity index (χ0n) is 8.06. The van der Waals surface area contributed by atoms with Crippen molar-refractivity contribution in [1.29, 1.82) is 0 Å². The fraction of sp³-hybridized carbons (Fsp3) is 0.875. The second-order valence-corrected chi connectivity index (χ2v) is 3.91. The maximum absolute atomic E-state index is 11.3. The lowest BCUT2D eigenvalue weighted by Gasteiger charge is -2.22. The van der Waals surface area contributed by atoms with E-state index in [2.05, 4.69) is 26.2 Å². The highest BCUT2D eigenvalue weighted by Gasteiger charge is 2.17. The molecule has 0 radical (unpaired) electrons. The normalized spacial score (nSPS) is 11.4. The standard InChI is InChI=1S/C8H18N2O/c1-8(2,3)6-7(11)10(5)9-4/h9H,6H2,1-5H3. The summed E-state index contributed by atoms with van der Waals surface area (Å²) in [5, 5.41) is 1.51. The van der Waals surface area contributed by atoms with Gasteiger partial charge in [-0.05, 0) is 5.41 Å². The number of carbonyl (C=O) groups excluding carboxylic acids is 1. The SMILES string of the molecule is CNN(C)C(=O)CC(C)(C)C. The number of hydrogen-bond acceptors (Lipinski definition) is 2. The molecule has 1 amide bonds. The van der Waals surface area contributed by atoms with E-state index in [1.165, 1.54) is 5.01 Å². The molecular weight excluding hydrogens is 140 g/mol. The van der Waals surface area contributed by atoms with Crippen LogP contribution in [0.4, 0.5) is 0 Å². The van der Waals surface area contributed by atoms with Crippen LogP contribution in [0.1, 0.15) is 27.2 Å². The Labute approximate surface area is 68.7 Å². The highest BCUT2D eigenvalue weighted by Crippen LogP contribution is 2.18. The fourth-order valence-electron chi connectivity index (χ4n) is 0.697. The van der Waals surface area contributed by atoms with Crippen molar-refractivity contribution in [3.63, 3.8) is 0 Å². The van der Waals surface area contributed by atoms with Crippen LogP contribution >= 0.6 is 0 Å². The Morgan fingerprint density at radius 3 is 2.18 bits per heavy atom. The van der Waals surface area contributed by atoms with E-state index in [1.54, 1.807) is 14.1 Å². The van der Waals surface area contributed by atoms with Gasteiger partial charge in [0.15, 0.2) is 0 Å². The summed E-state index contributed by atoms with van der Waals surface area (Å²) in [6.07, 6.45) is 0.574. The van der Waals surface area contributed by atoms with E-state index in [0.717, 1.165) is 0 Å². The van der Waals surface area contributed by atoms with E-state index in [4.69, 9.17) is 0 Å². The molecule has 3 heteroatoms. The number of nitrogens with zero attached hydrogens (tertiary/aromatic N) is 1. The summed E-state index contributed by atoms with van der Waals surface area (Å²) in [4.78, 5) is 11.3. The summed E-state index contributed by atoms with van der Waals surface area (Å²) >= 11 is 0. The van der Waals surface area contributed by atoms with Gasteiger partial charge in [0, 0.05) is 20.5 Å². The molecule has 11 heavy (non-hydrogen) atoms. The third kappa shape index (κ3) is 4.79. The number of rotatable bonds is 2. The minimum Gasteiger partial charge on any atom is -0.281 e. The van der Waals surface area contributed by atoms with Gasteiger partial charge in [-0.3, -0.25) is 9.80 Å². The van der Waals surface area contributed by atoms with Crippen molar-refractivity contribution in [2.24, 2.45) is 5.41 Å². The van der Waals surface area contributed by atoms with Crippen LogP contribution in [0.15, 0.2) is 0 Å². The van der Waals surface area contributed by atoms with Crippen LogP contribution in [0.2, 0.25) is 0 Å². The maximum Gasteiger partial charge on any atom is 0.236 e. The summed E-state index contributed by atoms with van der Waals surface area (Å²) in [6, 6.07) is 0. The van der Waals surface area contributed by atoms with Crippen LogP contribution in [-0.2, 0) is 4.79 Å². The molecule has 0 aliphatic carbocycles. The highest BCUT2D eigenvalue weighted by molar-refractivity contribution is 5.75. The molecule has 0 rings (SSSR count). The molecule has 0 spiro atoms. The summed E-state index contributed by atoms with van der Waals surface area (Å²) in [7, 11) is 3.47. The Morgan fingerprint density at radius 1 is 1.45 bits per heavy atom. The molecule has 0 unspecified atom stereocenters. The molecule has 0 aliphatic rings. The molecule has 0 heterocycles. The molecule has 3 nitrogen and oxygen atoms in total. The van der Waals surface area contributed by atoms with Crippen molar-refractivity contribution in [3.05, 3.63) is 0 Å². The largest absolute Gasteiger partial charge is 0.281 e. The first-order valence-corrected chi connectivity index (χ1v) is 3.81. The molecule has 0 saturated heterocycles. The monoisotopic (exact) mass is 158 g/mol. The average Bonchev–Trinajstić information content (AvgIpc) is 1.82. The van der Waals surface area contributed by atoms with Crippen LogP contribution in [0, 0.1) is 5.41 Å². The van der Waals surface area contributed by atoms with E-state index >= 15 is 0 Å². The van der Waals surface area contributed by atoms with Gasteiger partial charge in [0.1, 0.15) is 0 Å². The van der Waals surface area contributed by atoms with Gasteiger partial charge in [-0.15, -0.1) is 0 Å². The number of amides is 1. The quantitative estimate of drug-likeness (QED) is 0.608. The second-order valence-electron chi connectivity index (χ2n) is 3.91. The van der Waals surface area contributed by atoms with Crippen LogP contribution in [0.5, 0.6) is 0 Å². The lowest BCUT2D eigenvalue weighted by atomic mass is 9.92. The Bertz CT molecular complexity index is 138. The molecule has 66 valence electrons. The summed E-state index contributed by atoms with van der Waals surface area (Å²) in [6.45, 7) is 6.15. The fourth-order valence-corrected chi connectivity index (χ4v) is 0.697. The minimum atomic E-state index is 0.0716. The highest BCUT2D eigenvalue weighted by atomic mass is 16.2. The minimum absolute atomic E-state index is 0.0716. The summed E-state index contributed by atoms with van der Waals surface area (Å²) in [5.41, 5.74) is 2.84. The van der Waals surface area contributed by atoms with Crippen molar-refractivity contribution >= 4 is 5.91 Å². The van der Waals surface area contributed by atoms with E-state index in [1.807, 2.05) is 0 Å². The number of hydrazine groups is 1. The molecule has 1 N–H and O–H groups in total. The van der Waals surface area contributed by atoms with Crippen molar-refractivity contribution < 1.29 is 4.79 Å². The smallest absolute Gasteiger partial charge is 0.236 e. The van der Waals surface area contributed by atoms with Gasteiger partial charge in [-0.1, -0.05) is 20.8 Å². The summed E-state index contributed by atoms with van der Waals surface area (Å²) < 4.78 is 0. The van der Waals surface area contributed by atoms with Crippen molar-refractivity contribution in [3.8, 4) is 0 Å². The first-order chi connectivity index (χ1) is 4.87. The number of hydrogen-bond donors (Lipinski definition) is 1. The maximum atomic E-state index is 11.3. The van der Waals surface area contributed by atoms with E-state index in [9.17, 15) is 4.79 Å². The van der Waals surface area contributed by atoms with Crippen molar-refractivity contribution in [1.82, 2.24) is 10.4 Å². The zero-order valence-corrected chi connectivity index (χ0v) is 8.06. The number of carbonyl (C=O) groups is 1. The Morgan fingerprint density at radius 2 is 1.91 bits per heavy atom. The van der Waals surface area contributed by atoms with Gasteiger partial charge < -0.3 is 0 Å². The average molecular weight is 158 g/mol. The topological polar surface area (TPSA) is 32.3 Å². The van der Waals surface area contributed by atoms with Crippen LogP contribution in [0.3, 0.4) is 0 Å². The number of nitrogens with one attached hydrogen (secondary N) is 1. The van der Waals surface area contributed by atoms with Gasteiger partial charge >= 0.3 is 0 Å². The molecule has 0 aromatic heterocycles. The Balaban J connectivity index is 3.88. The van der Waals surface area contributed by atoms with E-state index < -0.39 is 0 Å². The molecule has 0 aromatic rings. The van der Waals surface area contributed by atoms with Crippen LogP contribution in [-0.4, -0.2) is 25.0 Å². The van der Waals surface area contributed by atoms with E-state index in [0.29, 0.717) is 6.42 Å². The first kappa shape index (κ1) is 10.4. The second kappa shape index (κ2) is 3.72. The lowest BCUT2D eigenvalue weighted by Crippen LogP contribution is -2.38. The zero-order chi connectivity index (χ0) is 9.07. The van der Waals surface area contributed by atoms with Gasteiger partial charge in [0.05, 0.1) is 0 Å². The molecule has 0 fully saturated rings. The Hall–Kier alpha value is -0.570. The molecular formula is C8H18N2O. The first-order valence-electron chi connectivity index (χ1n) is 3.81. The summed E-state index contributed by atoms with van der Waals surface area (Å²) in [5.74, 6) is 0.125. The molecule has 0 aromatic carbocycles. The van der Waals surface area contributed by atoms with Crippen molar-refractivity contribution in [2.45, 2.75) is 27.2 Å². The molecule has 0 atom stereocenters. The molecule has 0 aliphatic heterocycles. The van der Waals surface area contributed by atoms with Crippen molar-refractivity contribution in [2.75, 3.05) is 14.1 Å². The van der Waals surface area contributed by atoms with E-state index in [-0.39, 0.29) is 11.3 Å². The predicted molar refractivity (Wildman–Crippen MR) is 45.9 cm³/mol. The van der Waals surface area contributed by atoms with Gasteiger partial charge in [0.25, 0.3) is 0 Å². The third-order valence-electron chi connectivity index (χ3n) is 1.39. The lowest BCUT2D eigenvalue weighted by molar-refractivity contribution is -0.134. The van der Waals surface area contributed by atoms with Gasteiger partial charge in [0.2, 0.25) is 5.91 Å². The van der Waals surface area contributed by atoms with Crippen LogP contribution < -0.4 is 5.43 Å². The Kier molecular flexibility index (Phi) is 3.52. The van der Waals surface area contributed by atoms with Gasteiger partial charge in [-0.25, -0.2) is 5.43 Å². The third-order valence-corrected chi connectivity index (χ3v) is 1.39.